The summed E-state index contributed by atoms with van der Waals surface area (Å²) in [5.74, 6) is 0. The molecular formula is C14H21N3Si. The molecule has 2 aromatic rings. The Labute approximate surface area is 110 Å². The minimum Gasteiger partial charge on any atom is -0.157 e. The largest absolute Gasteiger partial charge is 0.157 e. The molecule has 3 nitrogen and oxygen atoms in total. The second-order valence-corrected chi connectivity index (χ2v) is 9.97. The van der Waals surface area contributed by atoms with Crippen LogP contribution in [0.5, 0.6) is 0 Å². The topological polar surface area (TPSA) is 30.7 Å². The lowest BCUT2D eigenvalue weighted by molar-refractivity contribution is 0.752. The molecule has 0 amide bonds. The highest BCUT2D eigenvalue weighted by Crippen LogP contribution is 2.20. The van der Waals surface area contributed by atoms with Crippen LogP contribution in [0.1, 0.15) is 20.8 Å². The molecule has 2 rings (SSSR count). The van der Waals surface area contributed by atoms with Crippen LogP contribution in [0.2, 0.25) is 18.1 Å². The fraction of sp³-hybridized carbons (Fsp3) is 0.429. The van der Waals surface area contributed by atoms with Crippen molar-refractivity contribution in [3.63, 3.8) is 0 Å². The number of benzene rings is 1. The van der Waals surface area contributed by atoms with Crippen molar-refractivity contribution in [2.45, 2.75) is 38.9 Å². The first-order chi connectivity index (χ1) is 8.75. The van der Waals surface area contributed by atoms with Gasteiger partial charge in [-0.05, 0) is 12.1 Å². The SMILES string of the molecule is CC[Si](CC)(CC)c1ccc(-n2nccn2)cc1. The van der Waals surface area contributed by atoms with Gasteiger partial charge in [0.15, 0.2) is 0 Å². The predicted molar refractivity (Wildman–Crippen MR) is 78.2 cm³/mol. The first-order valence-electron chi connectivity index (χ1n) is 6.73. The maximum absolute atomic E-state index is 4.16. The number of hydrogen-bond donors (Lipinski definition) is 0. The fourth-order valence-electron chi connectivity index (χ4n) is 2.66. The van der Waals surface area contributed by atoms with Crippen LogP contribution in [-0.2, 0) is 0 Å². The van der Waals surface area contributed by atoms with Crippen molar-refractivity contribution < 1.29 is 0 Å². The quantitative estimate of drug-likeness (QED) is 0.773. The monoisotopic (exact) mass is 259 g/mol. The van der Waals surface area contributed by atoms with E-state index in [2.05, 4.69) is 55.2 Å². The molecule has 0 saturated heterocycles. The van der Waals surface area contributed by atoms with Gasteiger partial charge in [0.2, 0.25) is 0 Å². The van der Waals surface area contributed by atoms with E-state index in [1.165, 1.54) is 18.1 Å². The van der Waals surface area contributed by atoms with Crippen LogP contribution in [0.25, 0.3) is 5.69 Å². The zero-order valence-electron chi connectivity index (χ0n) is 11.4. The maximum Gasteiger partial charge on any atom is 0.0859 e. The van der Waals surface area contributed by atoms with Gasteiger partial charge in [0.1, 0.15) is 0 Å². The Bertz CT molecular complexity index is 464. The van der Waals surface area contributed by atoms with E-state index in [0.29, 0.717) is 0 Å². The molecule has 0 aliphatic carbocycles. The third kappa shape index (κ3) is 2.25. The Hall–Kier alpha value is -1.42. The molecule has 0 aliphatic heterocycles. The lowest BCUT2D eigenvalue weighted by Crippen LogP contribution is -2.45. The van der Waals surface area contributed by atoms with Crippen LogP contribution in [0, 0.1) is 0 Å². The summed E-state index contributed by atoms with van der Waals surface area (Å²) in [5, 5.41) is 9.87. The van der Waals surface area contributed by atoms with E-state index in [9.17, 15) is 0 Å². The zero-order valence-corrected chi connectivity index (χ0v) is 12.4. The number of rotatable bonds is 5. The Morgan fingerprint density at radius 3 is 1.83 bits per heavy atom. The molecule has 18 heavy (non-hydrogen) atoms. The summed E-state index contributed by atoms with van der Waals surface area (Å²) in [4.78, 5) is 1.66. The van der Waals surface area contributed by atoms with Gasteiger partial charge in [-0.15, -0.1) is 0 Å². The highest BCUT2D eigenvalue weighted by atomic mass is 28.3. The average molecular weight is 259 g/mol. The minimum absolute atomic E-state index is 1.04. The second kappa shape index (κ2) is 5.48. The lowest BCUT2D eigenvalue weighted by Gasteiger charge is -2.28. The van der Waals surface area contributed by atoms with Gasteiger partial charge in [-0.25, -0.2) is 0 Å². The summed E-state index contributed by atoms with van der Waals surface area (Å²) in [6, 6.07) is 12.8. The Morgan fingerprint density at radius 1 is 0.889 bits per heavy atom. The molecule has 0 N–H and O–H groups in total. The second-order valence-electron chi connectivity index (χ2n) is 4.71. The van der Waals surface area contributed by atoms with Gasteiger partial charge in [0, 0.05) is 0 Å². The van der Waals surface area contributed by atoms with Gasteiger partial charge in [0.05, 0.1) is 26.2 Å². The molecule has 0 spiro atoms. The average Bonchev–Trinajstić information content (AvgIpc) is 2.96. The summed E-state index contributed by atoms with van der Waals surface area (Å²) >= 11 is 0. The van der Waals surface area contributed by atoms with Crippen molar-refractivity contribution >= 4 is 13.3 Å². The van der Waals surface area contributed by atoms with Gasteiger partial charge >= 0.3 is 0 Å². The van der Waals surface area contributed by atoms with E-state index in [1.807, 2.05) is 0 Å². The fourth-order valence-corrected chi connectivity index (χ4v) is 6.26. The molecule has 4 heteroatoms. The van der Waals surface area contributed by atoms with Crippen LogP contribution in [0.4, 0.5) is 0 Å². The summed E-state index contributed by atoms with van der Waals surface area (Å²) in [6.07, 6.45) is 3.41. The smallest absolute Gasteiger partial charge is 0.0859 e. The molecule has 0 aliphatic rings. The van der Waals surface area contributed by atoms with Gasteiger partial charge < -0.3 is 0 Å². The van der Waals surface area contributed by atoms with E-state index in [4.69, 9.17) is 0 Å². The van der Waals surface area contributed by atoms with E-state index < -0.39 is 8.07 Å². The van der Waals surface area contributed by atoms with Crippen molar-refractivity contribution in [3.05, 3.63) is 36.7 Å². The molecule has 0 atom stereocenters. The molecule has 1 heterocycles. The summed E-state index contributed by atoms with van der Waals surface area (Å²) < 4.78 is 0. The summed E-state index contributed by atoms with van der Waals surface area (Å²) in [7, 11) is -1.25. The maximum atomic E-state index is 4.16. The van der Waals surface area contributed by atoms with E-state index in [1.54, 1.807) is 22.4 Å². The molecular weight excluding hydrogens is 238 g/mol. The van der Waals surface area contributed by atoms with Crippen molar-refractivity contribution in [1.82, 2.24) is 15.0 Å². The number of hydrogen-bond acceptors (Lipinski definition) is 2. The molecule has 0 fully saturated rings. The zero-order chi connectivity index (χ0) is 13.0. The van der Waals surface area contributed by atoms with Crippen LogP contribution in [0.15, 0.2) is 36.7 Å². The molecule has 0 saturated carbocycles. The van der Waals surface area contributed by atoms with Gasteiger partial charge in [-0.3, -0.25) is 0 Å². The van der Waals surface area contributed by atoms with E-state index in [0.717, 1.165) is 5.69 Å². The Morgan fingerprint density at radius 2 is 1.39 bits per heavy atom. The van der Waals surface area contributed by atoms with Crippen LogP contribution in [-0.4, -0.2) is 23.1 Å². The van der Waals surface area contributed by atoms with Crippen molar-refractivity contribution in [2.24, 2.45) is 0 Å². The first kappa shape index (κ1) is 13.0. The van der Waals surface area contributed by atoms with Crippen LogP contribution >= 0.6 is 0 Å². The molecule has 96 valence electrons. The van der Waals surface area contributed by atoms with Crippen molar-refractivity contribution in [3.8, 4) is 5.69 Å². The summed E-state index contributed by atoms with van der Waals surface area (Å²) in [5.41, 5.74) is 1.04. The predicted octanol–water partition coefficient (Wildman–Crippen LogP) is 2.98. The number of aromatic nitrogens is 3. The third-order valence-corrected chi connectivity index (χ3v) is 9.78. The Balaban J connectivity index is 2.32. The third-order valence-electron chi connectivity index (χ3n) is 4.16. The first-order valence-corrected chi connectivity index (χ1v) is 9.35. The molecule has 0 unspecified atom stereocenters. The highest BCUT2D eigenvalue weighted by Gasteiger charge is 2.28. The molecule has 1 aromatic carbocycles. The minimum atomic E-state index is -1.25. The van der Waals surface area contributed by atoms with Gasteiger partial charge in [0.25, 0.3) is 0 Å². The van der Waals surface area contributed by atoms with Crippen LogP contribution < -0.4 is 5.19 Å². The van der Waals surface area contributed by atoms with E-state index in [-0.39, 0.29) is 0 Å². The highest BCUT2D eigenvalue weighted by molar-refractivity contribution is 6.91. The van der Waals surface area contributed by atoms with Crippen molar-refractivity contribution in [2.75, 3.05) is 0 Å². The van der Waals surface area contributed by atoms with Crippen molar-refractivity contribution in [1.29, 1.82) is 0 Å². The normalized spacial score (nSPS) is 11.7. The van der Waals surface area contributed by atoms with E-state index >= 15 is 0 Å². The van der Waals surface area contributed by atoms with Crippen LogP contribution in [0.3, 0.4) is 0 Å². The molecule has 1 aromatic heterocycles. The standard InChI is InChI=1S/C14H21N3Si/c1-4-18(5-2,6-3)14-9-7-13(8-10-14)17-15-11-12-16-17/h7-12H,4-6H2,1-3H3. The van der Waals surface area contributed by atoms with Gasteiger partial charge in [-0.1, -0.05) is 56.2 Å². The molecule has 0 bridgehead atoms. The van der Waals surface area contributed by atoms with Gasteiger partial charge in [-0.2, -0.15) is 15.0 Å². The molecule has 0 radical (unpaired) electrons. The number of nitrogens with zero attached hydrogens (tertiary/aromatic N) is 3. The Kier molecular flexibility index (Phi) is 3.96. The lowest BCUT2D eigenvalue weighted by atomic mass is 10.3. The summed E-state index contributed by atoms with van der Waals surface area (Å²) in [6.45, 7) is 7.01.